The summed E-state index contributed by atoms with van der Waals surface area (Å²) in [6, 6.07) is 12.0. The van der Waals surface area contributed by atoms with Gasteiger partial charge in [-0.15, -0.1) is 0 Å². The van der Waals surface area contributed by atoms with Gasteiger partial charge in [0.15, 0.2) is 0 Å². The average Bonchev–Trinajstić information content (AvgIpc) is 2.53. The van der Waals surface area contributed by atoms with Crippen LogP contribution in [-0.4, -0.2) is 19.6 Å². The van der Waals surface area contributed by atoms with Crippen LogP contribution in [0.2, 0.25) is 0 Å². The van der Waals surface area contributed by atoms with Crippen molar-refractivity contribution in [3.8, 4) is 15.8 Å². The summed E-state index contributed by atoms with van der Waals surface area (Å²) in [6.45, 7) is 0. The van der Waals surface area contributed by atoms with Crippen LogP contribution in [0.25, 0.3) is 11.1 Å². The molecule has 0 fully saturated rings. The number of hydrogen-bond donors (Lipinski definition) is 1. The third-order valence-corrected chi connectivity index (χ3v) is 3.23. The van der Waals surface area contributed by atoms with Crippen molar-refractivity contribution in [2.24, 2.45) is 0 Å². The molecular weight excluding hydrogens is 215 g/mol. The van der Waals surface area contributed by atoms with Crippen LogP contribution in [0.4, 0.5) is 0 Å². The molecule has 0 saturated carbocycles. The SMILES string of the molecule is Oc1[se]ccc1-c1ccccc1. The minimum atomic E-state index is 0.158. The summed E-state index contributed by atoms with van der Waals surface area (Å²) in [6.07, 6.45) is 0. The van der Waals surface area contributed by atoms with E-state index in [2.05, 4.69) is 0 Å². The molecule has 1 N–H and O–H groups in total. The van der Waals surface area contributed by atoms with E-state index in [1.807, 2.05) is 41.3 Å². The van der Waals surface area contributed by atoms with Crippen molar-refractivity contribution in [2.75, 3.05) is 0 Å². The van der Waals surface area contributed by atoms with Gasteiger partial charge in [0, 0.05) is 0 Å². The Kier molecular flexibility index (Phi) is 2.03. The van der Waals surface area contributed by atoms with E-state index in [1.165, 1.54) is 0 Å². The van der Waals surface area contributed by atoms with Crippen LogP contribution in [-0.2, 0) is 0 Å². The van der Waals surface area contributed by atoms with Gasteiger partial charge in [0.2, 0.25) is 0 Å². The van der Waals surface area contributed by atoms with Gasteiger partial charge in [0.25, 0.3) is 0 Å². The van der Waals surface area contributed by atoms with E-state index in [0.717, 1.165) is 11.1 Å². The molecule has 0 radical (unpaired) electrons. The Morgan fingerprint density at radius 2 is 1.75 bits per heavy atom. The van der Waals surface area contributed by atoms with Crippen molar-refractivity contribution in [3.63, 3.8) is 0 Å². The fourth-order valence-corrected chi connectivity index (χ4v) is 2.49. The number of benzene rings is 1. The zero-order valence-electron chi connectivity index (χ0n) is 6.40. The van der Waals surface area contributed by atoms with Gasteiger partial charge >= 0.3 is 76.7 Å². The molecule has 2 rings (SSSR count). The minimum absolute atomic E-state index is 0.158. The molecule has 0 atom stereocenters. The summed E-state index contributed by atoms with van der Waals surface area (Å²) in [5.74, 6) is 0. The van der Waals surface area contributed by atoms with Crippen molar-refractivity contribution in [1.29, 1.82) is 0 Å². The summed E-state index contributed by atoms with van der Waals surface area (Å²) in [5.41, 5.74) is 2.08. The van der Waals surface area contributed by atoms with Gasteiger partial charge in [-0.1, -0.05) is 0 Å². The molecule has 0 aliphatic rings. The molecule has 1 aromatic carbocycles. The number of rotatable bonds is 1. The number of aromatic hydroxyl groups is 1. The van der Waals surface area contributed by atoms with E-state index in [4.69, 9.17) is 0 Å². The monoisotopic (exact) mass is 224 g/mol. The maximum absolute atomic E-state index is 9.49. The van der Waals surface area contributed by atoms with Crippen LogP contribution in [0.1, 0.15) is 0 Å². The fourth-order valence-electron chi connectivity index (χ4n) is 1.14. The predicted molar refractivity (Wildman–Crippen MR) is 50.5 cm³/mol. The summed E-state index contributed by atoms with van der Waals surface area (Å²) < 4.78 is 0.536. The molecule has 1 nitrogen and oxygen atoms in total. The van der Waals surface area contributed by atoms with Crippen LogP contribution < -0.4 is 0 Å². The first-order valence-electron chi connectivity index (χ1n) is 3.70. The van der Waals surface area contributed by atoms with Gasteiger partial charge in [-0.25, -0.2) is 0 Å². The second-order valence-electron chi connectivity index (χ2n) is 2.51. The molecule has 2 aromatic rings. The first-order valence-corrected chi connectivity index (χ1v) is 5.54. The quantitative estimate of drug-likeness (QED) is 0.734. The maximum atomic E-state index is 9.49. The summed E-state index contributed by atoms with van der Waals surface area (Å²) in [7, 11) is 0. The second kappa shape index (κ2) is 3.18. The Hall–Kier alpha value is -0.981. The molecule has 1 aromatic heterocycles. The summed E-state index contributed by atoms with van der Waals surface area (Å²) in [4.78, 5) is 2.03. The van der Waals surface area contributed by atoms with Gasteiger partial charge < -0.3 is 0 Å². The molecular formula is C10H8OSe. The zero-order valence-corrected chi connectivity index (χ0v) is 8.11. The van der Waals surface area contributed by atoms with Crippen molar-refractivity contribution in [2.45, 2.75) is 0 Å². The Balaban J connectivity index is 2.51. The van der Waals surface area contributed by atoms with Crippen LogP contribution in [0, 0.1) is 0 Å². The van der Waals surface area contributed by atoms with E-state index in [9.17, 15) is 5.11 Å². The van der Waals surface area contributed by atoms with Crippen LogP contribution in [0.15, 0.2) is 41.3 Å². The third kappa shape index (κ3) is 1.31. The third-order valence-electron chi connectivity index (χ3n) is 1.73. The fraction of sp³-hybridized carbons (Fsp3) is 0. The molecule has 0 bridgehead atoms. The molecule has 0 saturated heterocycles. The normalized spacial score (nSPS) is 10.0. The van der Waals surface area contributed by atoms with E-state index < -0.39 is 0 Å². The Morgan fingerprint density at radius 3 is 2.33 bits per heavy atom. The molecule has 12 heavy (non-hydrogen) atoms. The van der Waals surface area contributed by atoms with Crippen LogP contribution in [0.3, 0.4) is 0 Å². The molecule has 0 spiro atoms. The van der Waals surface area contributed by atoms with Crippen molar-refractivity contribution in [1.82, 2.24) is 0 Å². The van der Waals surface area contributed by atoms with Gasteiger partial charge in [0.05, 0.1) is 0 Å². The van der Waals surface area contributed by atoms with Gasteiger partial charge in [-0.3, -0.25) is 0 Å². The van der Waals surface area contributed by atoms with E-state index in [-0.39, 0.29) is 14.5 Å². The summed E-state index contributed by atoms with van der Waals surface area (Å²) in [5, 5.41) is 9.49. The standard InChI is InChI=1S/C10H8OSe/c11-10-9(6-7-12-10)8-4-2-1-3-5-8/h1-7,11H. The predicted octanol–water partition coefficient (Wildman–Crippen LogP) is 2.12. The van der Waals surface area contributed by atoms with Gasteiger partial charge in [-0.05, 0) is 0 Å². The Morgan fingerprint density at radius 1 is 1.00 bits per heavy atom. The molecule has 0 amide bonds. The van der Waals surface area contributed by atoms with Gasteiger partial charge in [-0.2, -0.15) is 0 Å². The topological polar surface area (TPSA) is 20.2 Å². The molecule has 2 heteroatoms. The molecule has 0 unspecified atom stereocenters. The van der Waals surface area contributed by atoms with E-state index in [1.54, 1.807) is 0 Å². The van der Waals surface area contributed by atoms with Crippen molar-refractivity contribution in [3.05, 3.63) is 41.3 Å². The average molecular weight is 223 g/mol. The van der Waals surface area contributed by atoms with E-state index >= 15 is 0 Å². The second-order valence-corrected chi connectivity index (χ2v) is 4.38. The first kappa shape index (κ1) is 7.66. The Bertz CT molecular complexity index is 364. The van der Waals surface area contributed by atoms with E-state index in [0.29, 0.717) is 4.62 Å². The van der Waals surface area contributed by atoms with Crippen LogP contribution >= 0.6 is 0 Å². The molecule has 0 aliphatic heterocycles. The first-order chi connectivity index (χ1) is 5.88. The summed E-state index contributed by atoms with van der Waals surface area (Å²) >= 11 is 0.158. The van der Waals surface area contributed by atoms with Gasteiger partial charge in [0.1, 0.15) is 0 Å². The molecule has 60 valence electrons. The zero-order chi connectivity index (χ0) is 8.39. The van der Waals surface area contributed by atoms with Crippen LogP contribution in [0.5, 0.6) is 4.62 Å². The van der Waals surface area contributed by atoms with Crippen molar-refractivity contribution >= 4 is 14.5 Å². The van der Waals surface area contributed by atoms with Crippen molar-refractivity contribution < 1.29 is 5.11 Å². The molecule has 1 heterocycles. The Labute approximate surface area is 77.0 Å². The number of hydrogen-bond acceptors (Lipinski definition) is 1. The molecule has 0 aliphatic carbocycles.